The van der Waals surface area contributed by atoms with Crippen molar-refractivity contribution in [3.05, 3.63) is 12.0 Å². The van der Waals surface area contributed by atoms with Gasteiger partial charge in [0.25, 0.3) is 0 Å². The molecule has 10 nitrogen and oxygen atoms in total. The summed E-state index contributed by atoms with van der Waals surface area (Å²) in [4.78, 5) is 30.8. The van der Waals surface area contributed by atoms with Crippen LogP contribution in [0.25, 0.3) is 11.2 Å². The summed E-state index contributed by atoms with van der Waals surface area (Å²) in [5.74, 6) is 0.174. The van der Waals surface area contributed by atoms with E-state index in [4.69, 9.17) is 20.3 Å². The van der Waals surface area contributed by atoms with Crippen LogP contribution in [-0.4, -0.2) is 48.3 Å². The third kappa shape index (κ3) is 5.46. The molecule has 11 heteroatoms. The third-order valence-corrected chi connectivity index (χ3v) is 5.26. The molecule has 1 atom stereocenters. The molecule has 1 unspecified atom stereocenters. The molecule has 2 aromatic rings. The first-order chi connectivity index (χ1) is 12.8. The van der Waals surface area contributed by atoms with Crippen LogP contribution in [0, 0.1) is 0 Å². The third-order valence-electron chi connectivity index (χ3n) is 4.75. The van der Waals surface area contributed by atoms with Crippen molar-refractivity contribution in [2.45, 2.75) is 57.7 Å². The number of anilines is 1. The number of nitrogen functional groups attached to an aromatic ring is 1. The average Bonchev–Trinajstić information content (AvgIpc) is 3.01. The molecule has 0 saturated heterocycles. The maximum absolute atomic E-state index is 10.8. The second-order valence-corrected chi connectivity index (χ2v) is 8.59. The molecular weight excluding hydrogens is 371 g/mol. The molecule has 150 valence electrons. The molecule has 1 aliphatic rings. The van der Waals surface area contributed by atoms with Gasteiger partial charge >= 0.3 is 7.60 Å². The molecule has 0 aromatic carbocycles. The maximum atomic E-state index is 10.8. The number of hydrogen-bond donors (Lipinski definition) is 4. The molecule has 3 rings (SSSR count). The van der Waals surface area contributed by atoms with Gasteiger partial charge in [-0.2, -0.15) is 4.98 Å². The summed E-state index contributed by atoms with van der Waals surface area (Å²) in [5.41, 5.74) is 7.94. The number of rotatable bonds is 8. The van der Waals surface area contributed by atoms with E-state index < -0.39 is 13.9 Å². The van der Waals surface area contributed by atoms with E-state index in [1.807, 2.05) is 0 Å². The normalized spacial score (nSPS) is 17.4. The number of ether oxygens (including phenoxy) is 1. The molecule has 0 amide bonds. The molecule has 1 aliphatic carbocycles. The Hall–Kier alpha value is -1.58. The van der Waals surface area contributed by atoms with E-state index in [9.17, 15) is 4.57 Å². The van der Waals surface area contributed by atoms with Crippen molar-refractivity contribution >= 4 is 24.7 Å². The van der Waals surface area contributed by atoms with Crippen molar-refractivity contribution in [2.24, 2.45) is 0 Å². The highest BCUT2D eigenvalue weighted by Gasteiger charge is 2.21. The van der Waals surface area contributed by atoms with Crippen LogP contribution >= 0.6 is 7.60 Å². The smallest absolute Gasteiger partial charge is 0.350 e. The van der Waals surface area contributed by atoms with Gasteiger partial charge in [-0.1, -0.05) is 19.3 Å². The highest BCUT2D eigenvalue weighted by Crippen LogP contribution is 2.33. The van der Waals surface area contributed by atoms with Gasteiger partial charge in [0.1, 0.15) is 11.9 Å². The Morgan fingerprint density at radius 1 is 1.37 bits per heavy atom. The molecular formula is C16H27N6O4P. The lowest BCUT2D eigenvalue weighted by molar-refractivity contribution is 0.149. The quantitative estimate of drug-likeness (QED) is 0.384. The van der Waals surface area contributed by atoms with Gasteiger partial charge in [-0.15, -0.1) is 0 Å². The number of nitrogens with two attached hydrogens (primary N) is 1. The van der Waals surface area contributed by atoms with Crippen LogP contribution in [0.4, 0.5) is 5.95 Å². The summed E-state index contributed by atoms with van der Waals surface area (Å²) >= 11 is 0. The van der Waals surface area contributed by atoms with Gasteiger partial charge in [-0.25, -0.2) is 9.97 Å². The number of imidazole rings is 1. The highest BCUT2D eigenvalue weighted by molar-refractivity contribution is 7.51. The molecule has 0 aliphatic heterocycles. The fourth-order valence-corrected chi connectivity index (χ4v) is 3.86. The summed E-state index contributed by atoms with van der Waals surface area (Å²) in [7, 11) is -4.17. The minimum absolute atomic E-state index is 0.00448. The number of fused-ring (bicyclic) bond motifs is 1. The van der Waals surface area contributed by atoms with Crippen molar-refractivity contribution in [2.75, 3.05) is 18.7 Å². The predicted molar refractivity (Wildman–Crippen MR) is 101 cm³/mol. The number of aromatic nitrogens is 4. The van der Waals surface area contributed by atoms with E-state index in [2.05, 4.69) is 27.2 Å². The zero-order valence-corrected chi connectivity index (χ0v) is 16.3. The Balaban J connectivity index is 1.72. The summed E-state index contributed by atoms with van der Waals surface area (Å²) in [6, 6.07) is 0.471. The maximum Gasteiger partial charge on any atom is 0.350 e. The molecule has 1 saturated carbocycles. The van der Waals surface area contributed by atoms with Crippen molar-refractivity contribution in [3.63, 3.8) is 0 Å². The molecule has 1 fully saturated rings. The molecule has 2 heterocycles. The minimum Gasteiger partial charge on any atom is -0.368 e. The number of hydrogen-bond acceptors (Lipinski definition) is 7. The fourth-order valence-electron chi connectivity index (χ4n) is 3.50. The molecule has 27 heavy (non-hydrogen) atoms. The lowest BCUT2D eigenvalue weighted by Gasteiger charge is -2.26. The molecule has 5 N–H and O–H groups in total. The van der Waals surface area contributed by atoms with E-state index in [1.54, 1.807) is 10.9 Å². The standard InChI is InChI=1S/C16H27N6O4P/c1-11(19-12-5-3-2-4-6-12)13-14-15(21-16(17)20-13)22(9-18-14)7-8-26-10-27(23,24)25/h9,11-12,19H,2-8,10H2,1H3,(H2,17,20,21)(H2,23,24,25). The highest BCUT2D eigenvalue weighted by atomic mass is 31.2. The topological polar surface area (TPSA) is 148 Å². The van der Waals surface area contributed by atoms with Gasteiger partial charge in [-0.05, 0) is 19.8 Å². The fraction of sp³-hybridized carbons (Fsp3) is 0.688. The van der Waals surface area contributed by atoms with E-state index in [0.717, 1.165) is 5.69 Å². The van der Waals surface area contributed by atoms with Crippen molar-refractivity contribution < 1.29 is 19.1 Å². The Morgan fingerprint density at radius 2 is 2.11 bits per heavy atom. The van der Waals surface area contributed by atoms with Crippen LogP contribution in [-0.2, 0) is 15.8 Å². The average molecular weight is 398 g/mol. The zero-order valence-electron chi connectivity index (χ0n) is 15.4. The van der Waals surface area contributed by atoms with Gasteiger partial charge in [0.05, 0.1) is 18.6 Å². The number of nitrogens with zero attached hydrogens (tertiary/aromatic N) is 4. The monoisotopic (exact) mass is 398 g/mol. The molecule has 2 aromatic heterocycles. The van der Waals surface area contributed by atoms with E-state index >= 15 is 0 Å². The van der Waals surface area contributed by atoms with Crippen LogP contribution in [0.2, 0.25) is 0 Å². The zero-order chi connectivity index (χ0) is 19.4. The first kappa shape index (κ1) is 20.2. The Labute approximate surface area is 157 Å². The van der Waals surface area contributed by atoms with Crippen molar-refractivity contribution in [3.8, 4) is 0 Å². The van der Waals surface area contributed by atoms with Crippen molar-refractivity contribution in [1.82, 2.24) is 24.8 Å². The number of nitrogens with one attached hydrogen (secondary N) is 1. The Bertz CT molecular complexity index is 817. The lowest BCUT2D eigenvalue weighted by atomic mass is 9.94. The summed E-state index contributed by atoms with van der Waals surface area (Å²) in [6.07, 6.45) is 7.13. The Morgan fingerprint density at radius 3 is 2.81 bits per heavy atom. The van der Waals surface area contributed by atoms with Gasteiger partial charge in [-0.3, -0.25) is 4.57 Å². The van der Waals surface area contributed by atoms with Crippen LogP contribution in [0.1, 0.15) is 50.8 Å². The summed E-state index contributed by atoms with van der Waals surface area (Å²) in [6.45, 7) is 2.54. The van der Waals surface area contributed by atoms with Gasteiger partial charge in [0, 0.05) is 18.6 Å². The van der Waals surface area contributed by atoms with Crippen molar-refractivity contribution in [1.29, 1.82) is 0 Å². The summed E-state index contributed by atoms with van der Waals surface area (Å²) < 4.78 is 17.6. The first-order valence-corrected chi connectivity index (χ1v) is 11.0. The van der Waals surface area contributed by atoms with Gasteiger partial charge in [0.15, 0.2) is 5.65 Å². The van der Waals surface area contributed by atoms with Crippen LogP contribution in [0.5, 0.6) is 0 Å². The second-order valence-electron chi connectivity index (χ2n) is 7.00. The van der Waals surface area contributed by atoms with E-state index in [1.165, 1.54) is 32.1 Å². The van der Waals surface area contributed by atoms with E-state index in [-0.39, 0.29) is 18.6 Å². The van der Waals surface area contributed by atoms with Gasteiger partial charge in [0.2, 0.25) is 5.95 Å². The predicted octanol–water partition coefficient (Wildman–Crippen LogP) is 1.54. The SMILES string of the molecule is CC(NC1CCCCC1)c1nc(N)nc2c1ncn2CCOCP(=O)(O)O. The summed E-state index contributed by atoms with van der Waals surface area (Å²) in [5, 5.41) is 3.63. The van der Waals surface area contributed by atoms with Gasteiger partial charge < -0.3 is 30.1 Å². The molecule has 0 spiro atoms. The minimum atomic E-state index is -4.17. The second kappa shape index (κ2) is 8.62. The first-order valence-electron chi connectivity index (χ1n) is 9.20. The molecule has 0 bridgehead atoms. The van der Waals surface area contributed by atoms with Crippen LogP contribution in [0.15, 0.2) is 6.33 Å². The van der Waals surface area contributed by atoms with E-state index in [0.29, 0.717) is 23.8 Å². The van der Waals surface area contributed by atoms with Crippen LogP contribution < -0.4 is 11.1 Å². The molecule has 0 radical (unpaired) electrons. The largest absolute Gasteiger partial charge is 0.368 e. The lowest BCUT2D eigenvalue weighted by Crippen LogP contribution is -2.33. The Kier molecular flexibility index (Phi) is 6.44. The van der Waals surface area contributed by atoms with Crippen LogP contribution in [0.3, 0.4) is 0 Å².